The van der Waals surface area contributed by atoms with Crippen LogP contribution in [0.5, 0.6) is 5.75 Å². The largest absolute Gasteiger partial charge is 0.489 e. The number of sulfone groups is 1. The monoisotopic (exact) mass is 409 g/mol. The summed E-state index contributed by atoms with van der Waals surface area (Å²) in [7, 11) is -3.24. The minimum Gasteiger partial charge on any atom is -0.489 e. The lowest BCUT2D eigenvalue weighted by atomic mass is 10.1. The molecule has 1 N–H and O–H groups in total. The quantitative estimate of drug-likeness (QED) is 0.636. The van der Waals surface area contributed by atoms with E-state index in [0.29, 0.717) is 17.9 Å². The molecular formula is C23H23NO4S. The number of benzene rings is 3. The highest BCUT2D eigenvalue weighted by molar-refractivity contribution is 7.90. The Bertz CT molecular complexity index is 1080. The summed E-state index contributed by atoms with van der Waals surface area (Å²) in [6, 6.07) is 23.1. The van der Waals surface area contributed by atoms with Crippen LogP contribution in [0.25, 0.3) is 0 Å². The number of carbonyl (C=O) groups excluding carboxylic acids is 1. The molecule has 1 amide bonds. The van der Waals surface area contributed by atoms with Crippen LogP contribution < -0.4 is 10.1 Å². The van der Waals surface area contributed by atoms with Crippen molar-refractivity contribution in [3.63, 3.8) is 0 Å². The molecule has 0 saturated carbocycles. The topological polar surface area (TPSA) is 72.5 Å². The van der Waals surface area contributed by atoms with Crippen LogP contribution in [-0.2, 0) is 16.4 Å². The van der Waals surface area contributed by atoms with Crippen molar-refractivity contribution < 1.29 is 17.9 Å². The minimum absolute atomic E-state index is 0.227. The standard InChI is InChI=1S/C23H23NO4S/c1-17(19-11-13-22(14-12-19)29(2,26)27)24-23(25)20-9-6-10-21(15-20)28-16-18-7-4-3-5-8-18/h3-15,17H,16H2,1-2H3,(H,24,25)/t17-/m1/s1. The molecule has 3 rings (SSSR count). The fourth-order valence-corrected chi connectivity index (χ4v) is 3.47. The minimum atomic E-state index is -3.24. The number of hydrogen-bond acceptors (Lipinski definition) is 4. The molecule has 0 fully saturated rings. The lowest BCUT2D eigenvalue weighted by Gasteiger charge is -2.15. The number of nitrogens with one attached hydrogen (secondary N) is 1. The van der Waals surface area contributed by atoms with Gasteiger partial charge in [-0.15, -0.1) is 0 Å². The summed E-state index contributed by atoms with van der Waals surface area (Å²) in [5.74, 6) is 0.390. The molecule has 0 heterocycles. The van der Waals surface area contributed by atoms with Crippen molar-refractivity contribution in [2.45, 2.75) is 24.5 Å². The van der Waals surface area contributed by atoms with E-state index in [0.717, 1.165) is 11.1 Å². The fraction of sp³-hybridized carbons (Fsp3) is 0.174. The van der Waals surface area contributed by atoms with Crippen molar-refractivity contribution >= 4 is 15.7 Å². The Morgan fingerprint density at radius 2 is 1.66 bits per heavy atom. The first-order valence-electron chi connectivity index (χ1n) is 9.20. The van der Waals surface area contributed by atoms with Crippen LogP contribution in [0.4, 0.5) is 0 Å². The van der Waals surface area contributed by atoms with E-state index < -0.39 is 9.84 Å². The van der Waals surface area contributed by atoms with E-state index in [1.54, 1.807) is 42.5 Å². The molecule has 0 aliphatic rings. The summed E-state index contributed by atoms with van der Waals surface area (Å²) in [5, 5.41) is 2.93. The smallest absolute Gasteiger partial charge is 0.251 e. The van der Waals surface area contributed by atoms with Gasteiger partial charge in [0.05, 0.1) is 10.9 Å². The van der Waals surface area contributed by atoms with Crippen molar-refractivity contribution in [3.8, 4) is 5.75 Å². The third-order valence-electron chi connectivity index (χ3n) is 4.50. The molecule has 5 nitrogen and oxygen atoms in total. The molecule has 3 aromatic carbocycles. The molecule has 3 aromatic rings. The van der Waals surface area contributed by atoms with E-state index in [4.69, 9.17) is 4.74 Å². The van der Waals surface area contributed by atoms with Crippen molar-refractivity contribution in [2.75, 3.05) is 6.26 Å². The predicted octanol–water partition coefficient (Wildman–Crippen LogP) is 4.16. The van der Waals surface area contributed by atoms with Gasteiger partial charge in [0.25, 0.3) is 5.91 Å². The summed E-state index contributed by atoms with van der Waals surface area (Å²) in [6.45, 7) is 2.28. The van der Waals surface area contributed by atoms with Gasteiger partial charge in [-0.2, -0.15) is 0 Å². The summed E-state index contributed by atoms with van der Waals surface area (Å²) in [5.41, 5.74) is 2.37. The van der Waals surface area contributed by atoms with Crippen molar-refractivity contribution in [2.24, 2.45) is 0 Å². The van der Waals surface area contributed by atoms with E-state index >= 15 is 0 Å². The Morgan fingerprint density at radius 1 is 0.966 bits per heavy atom. The summed E-state index contributed by atoms with van der Waals surface area (Å²) in [6.07, 6.45) is 1.17. The zero-order chi connectivity index (χ0) is 20.9. The third kappa shape index (κ3) is 5.68. The molecule has 6 heteroatoms. The number of carbonyl (C=O) groups is 1. The van der Waals surface area contributed by atoms with E-state index in [1.165, 1.54) is 6.26 Å². The van der Waals surface area contributed by atoms with Crippen LogP contribution in [0.2, 0.25) is 0 Å². The lowest BCUT2D eigenvalue weighted by molar-refractivity contribution is 0.0939. The second kappa shape index (κ2) is 8.92. The molecule has 0 aromatic heterocycles. The summed E-state index contributed by atoms with van der Waals surface area (Å²) in [4.78, 5) is 12.9. The van der Waals surface area contributed by atoms with Gasteiger partial charge in [-0.3, -0.25) is 4.79 Å². The van der Waals surface area contributed by atoms with E-state index in [-0.39, 0.29) is 16.8 Å². The average molecular weight is 410 g/mol. The Balaban J connectivity index is 1.64. The Labute approximate surface area is 171 Å². The van der Waals surface area contributed by atoms with Gasteiger partial charge in [0.15, 0.2) is 9.84 Å². The van der Waals surface area contributed by atoms with E-state index in [9.17, 15) is 13.2 Å². The maximum absolute atomic E-state index is 12.6. The molecule has 0 aliphatic carbocycles. The zero-order valence-corrected chi connectivity index (χ0v) is 17.1. The van der Waals surface area contributed by atoms with Gasteiger partial charge >= 0.3 is 0 Å². The SMILES string of the molecule is C[C@@H](NC(=O)c1cccc(OCc2ccccc2)c1)c1ccc(S(C)(=O)=O)cc1. The van der Waals surface area contributed by atoms with E-state index in [2.05, 4.69) is 5.32 Å². The maximum Gasteiger partial charge on any atom is 0.251 e. The van der Waals surface area contributed by atoms with Crippen LogP contribution >= 0.6 is 0 Å². The third-order valence-corrected chi connectivity index (χ3v) is 5.63. The highest BCUT2D eigenvalue weighted by Gasteiger charge is 2.14. The summed E-state index contributed by atoms with van der Waals surface area (Å²) < 4.78 is 28.9. The molecule has 0 unspecified atom stereocenters. The van der Waals surface area contributed by atoms with Crippen LogP contribution in [0.15, 0.2) is 83.8 Å². The predicted molar refractivity (Wildman–Crippen MR) is 113 cm³/mol. The molecule has 0 spiro atoms. The van der Waals surface area contributed by atoms with Gasteiger partial charge in [0, 0.05) is 11.8 Å². The van der Waals surface area contributed by atoms with Gasteiger partial charge in [-0.1, -0.05) is 48.5 Å². The highest BCUT2D eigenvalue weighted by Crippen LogP contribution is 2.19. The Hall–Kier alpha value is -3.12. The first-order valence-corrected chi connectivity index (χ1v) is 11.1. The first-order chi connectivity index (χ1) is 13.8. The maximum atomic E-state index is 12.6. The molecule has 1 atom stereocenters. The highest BCUT2D eigenvalue weighted by atomic mass is 32.2. The average Bonchev–Trinajstić information content (AvgIpc) is 2.72. The van der Waals surface area contributed by atoms with Crippen molar-refractivity contribution in [3.05, 3.63) is 95.6 Å². The second-order valence-electron chi connectivity index (χ2n) is 6.84. The summed E-state index contributed by atoms with van der Waals surface area (Å²) >= 11 is 0. The van der Waals surface area contributed by atoms with Gasteiger partial charge in [-0.25, -0.2) is 8.42 Å². The molecule has 150 valence electrons. The van der Waals surface area contributed by atoms with Crippen LogP contribution in [-0.4, -0.2) is 20.6 Å². The lowest BCUT2D eigenvalue weighted by Crippen LogP contribution is -2.26. The second-order valence-corrected chi connectivity index (χ2v) is 8.85. The van der Waals surface area contributed by atoms with Crippen molar-refractivity contribution in [1.82, 2.24) is 5.32 Å². The fourth-order valence-electron chi connectivity index (χ4n) is 2.84. The van der Waals surface area contributed by atoms with Gasteiger partial charge < -0.3 is 10.1 Å². The van der Waals surface area contributed by atoms with Gasteiger partial charge in [0.2, 0.25) is 0 Å². The molecule has 0 aliphatic heterocycles. The Morgan fingerprint density at radius 3 is 2.31 bits per heavy atom. The van der Waals surface area contributed by atoms with Gasteiger partial charge in [-0.05, 0) is 48.4 Å². The normalized spacial score (nSPS) is 12.2. The van der Waals surface area contributed by atoms with Crippen LogP contribution in [0.3, 0.4) is 0 Å². The Kier molecular flexibility index (Phi) is 6.34. The number of hydrogen-bond donors (Lipinski definition) is 1. The van der Waals surface area contributed by atoms with Gasteiger partial charge in [0.1, 0.15) is 12.4 Å². The van der Waals surface area contributed by atoms with Crippen LogP contribution in [0, 0.1) is 0 Å². The molecule has 0 radical (unpaired) electrons. The number of rotatable bonds is 7. The van der Waals surface area contributed by atoms with Crippen molar-refractivity contribution in [1.29, 1.82) is 0 Å². The van der Waals surface area contributed by atoms with Crippen LogP contribution in [0.1, 0.15) is 34.5 Å². The molecule has 29 heavy (non-hydrogen) atoms. The number of ether oxygens (including phenoxy) is 1. The first kappa shape index (κ1) is 20.6. The molecule has 0 bridgehead atoms. The zero-order valence-electron chi connectivity index (χ0n) is 16.3. The van der Waals surface area contributed by atoms with E-state index in [1.807, 2.05) is 43.3 Å². The molecular weight excluding hydrogens is 386 g/mol. The molecule has 0 saturated heterocycles. The number of amides is 1.